The summed E-state index contributed by atoms with van der Waals surface area (Å²) >= 11 is 0. The minimum Gasteiger partial charge on any atom is -0.304 e. The number of nitrogens with zero attached hydrogens (tertiary/aromatic N) is 2. The van der Waals surface area contributed by atoms with Gasteiger partial charge in [-0.3, -0.25) is 4.79 Å². The van der Waals surface area contributed by atoms with Crippen LogP contribution in [0.25, 0.3) is 5.69 Å². The van der Waals surface area contributed by atoms with Gasteiger partial charge in [-0.2, -0.15) is 13.2 Å². The molecule has 94 valence electrons. The molecule has 0 N–H and O–H groups in total. The van der Waals surface area contributed by atoms with E-state index in [2.05, 4.69) is 4.98 Å². The summed E-state index contributed by atoms with van der Waals surface area (Å²) in [6.45, 7) is 1.68. The highest BCUT2D eigenvalue weighted by molar-refractivity contribution is 5.78. The fourth-order valence-corrected chi connectivity index (χ4v) is 1.69. The number of hydrogen-bond acceptors (Lipinski definition) is 2. The van der Waals surface area contributed by atoms with Crippen molar-refractivity contribution in [3.8, 4) is 5.69 Å². The number of carbonyl (C=O) groups is 1. The van der Waals surface area contributed by atoms with E-state index in [9.17, 15) is 18.0 Å². The van der Waals surface area contributed by atoms with Crippen molar-refractivity contribution in [2.75, 3.05) is 0 Å². The lowest BCUT2D eigenvalue weighted by Gasteiger charge is -2.12. The van der Waals surface area contributed by atoms with Gasteiger partial charge in [-0.1, -0.05) is 0 Å². The van der Waals surface area contributed by atoms with E-state index in [1.807, 2.05) is 0 Å². The highest BCUT2D eigenvalue weighted by atomic mass is 19.4. The molecular weight excluding hydrogens is 245 g/mol. The third-order valence-corrected chi connectivity index (χ3v) is 2.57. The van der Waals surface area contributed by atoms with Crippen molar-refractivity contribution in [2.45, 2.75) is 13.1 Å². The number of halogens is 3. The van der Waals surface area contributed by atoms with Crippen LogP contribution in [-0.2, 0) is 6.18 Å². The summed E-state index contributed by atoms with van der Waals surface area (Å²) in [6.07, 6.45) is -1.30. The Morgan fingerprint density at radius 3 is 2.56 bits per heavy atom. The fraction of sp³-hybridized carbons (Fsp3) is 0.167. The molecular formula is C12H9F3N2O. The average molecular weight is 254 g/mol. The maximum absolute atomic E-state index is 12.8. The molecule has 6 heteroatoms. The number of imidazole rings is 1. The van der Waals surface area contributed by atoms with Gasteiger partial charge in [0.25, 0.3) is 0 Å². The Balaban J connectivity index is 2.60. The van der Waals surface area contributed by atoms with Gasteiger partial charge in [0.2, 0.25) is 0 Å². The number of aldehydes is 1. The molecule has 0 saturated heterocycles. The van der Waals surface area contributed by atoms with Crippen LogP contribution in [0.4, 0.5) is 13.2 Å². The first kappa shape index (κ1) is 12.3. The molecule has 2 rings (SSSR count). The van der Waals surface area contributed by atoms with E-state index in [1.54, 1.807) is 13.1 Å². The zero-order valence-corrected chi connectivity index (χ0v) is 9.40. The largest absolute Gasteiger partial charge is 0.417 e. The second kappa shape index (κ2) is 4.29. The van der Waals surface area contributed by atoms with Crippen LogP contribution in [0.2, 0.25) is 0 Å². The molecule has 1 heterocycles. The number of aromatic nitrogens is 2. The van der Waals surface area contributed by atoms with Crippen molar-refractivity contribution in [1.29, 1.82) is 0 Å². The zero-order valence-electron chi connectivity index (χ0n) is 9.40. The third-order valence-electron chi connectivity index (χ3n) is 2.57. The minimum absolute atomic E-state index is 0.202. The Kier molecular flexibility index (Phi) is 2.94. The molecule has 0 aliphatic rings. The fourth-order valence-electron chi connectivity index (χ4n) is 1.69. The number of benzene rings is 1. The number of rotatable bonds is 2. The summed E-state index contributed by atoms with van der Waals surface area (Å²) in [4.78, 5) is 14.6. The molecule has 0 radical (unpaired) electrons. The summed E-state index contributed by atoms with van der Waals surface area (Å²) in [5, 5.41) is 0. The number of hydrogen-bond donors (Lipinski definition) is 0. The lowest BCUT2D eigenvalue weighted by Crippen LogP contribution is -2.10. The summed E-state index contributed by atoms with van der Waals surface area (Å²) in [5.41, 5.74) is -0.991. The molecule has 0 atom stereocenters. The number of aryl methyl sites for hydroxylation is 1. The van der Waals surface area contributed by atoms with E-state index in [4.69, 9.17) is 0 Å². The van der Waals surface area contributed by atoms with Crippen molar-refractivity contribution in [3.63, 3.8) is 0 Å². The molecule has 1 aromatic carbocycles. The Hall–Kier alpha value is -2.11. The van der Waals surface area contributed by atoms with Gasteiger partial charge >= 0.3 is 6.18 Å². The normalized spacial score (nSPS) is 11.6. The molecule has 0 spiro atoms. The number of carbonyl (C=O) groups excluding carboxylic acids is 1. The molecule has 1 aromatic heterocycles. The maximum atomic E-state index is 12.8. The second-order valence-corrected chi connectivity index (χ2v) is 3.73. The zero-order chi connectivity index (χ0) is 13.3. The van der Waals surface area contributed by atoms with Crippen LogP contribution in [0.5, 0.6) is 0 Å². The van der Waals surface area contributed by atoms with Gasteiger partial charge in [0, 0.05) is 23.6 Å². The van der Waals surface area contributed by atoms with Crippen LogP contribution in [0.1, 0.15) is 21.7 Å². The first-order chi connectivity index (χ1) is 8.43. The highest BCUT2D eigenvalue weighted by Gasteiger charge is 2.33. The quantitative estimate of drug-likeness (QED) is 0.772. The van der Waals surface area contributed by atoms with Gasteiger partial charge in [0.1, 0.15) is 5.82 Å². The van der Waals surface area contributed by atoms with E-state index in [-0.39, 0.29) is 11.8 Å². The van der Waals surface area contributed by atoms with Crippen LogP contribution < -0.4 is 0 Å². The van der Waals surface area contributed by atoms with Crippen LogP contribution in [0.3, 0.4) is 0 Å². The lowest BCUT2D eigenvalue weighted by molar-refractivity contribution is -0.137. The molecule has 3 nitrogen and oxygen atoms in total. The maximum Gasteiger partial charge on any atom is 0.417 e. The summed E-state index contributed by atoms with van der Waals surface area (Å²) in [6, 6.07) is 3.55. The SMILES string of the molecule is Cc1nccn1-c1ccc(C=O)c(C(F)(F)F)c1. The van der Waals surface area contributed by atoms with E-state index in [0.29, 0.717) is 11.5 Å². The van der Waals surface area contributed by atoms with Crippen LogP contribution >= 0.6 is 0 Å². The lowest BCUT2D eigenvalue weighted by atomic mass is 10.1. The van der Waals surface area contributed by atoms with Crippen LogP contribution in [0.15, 0.2) is 30.6 Å². The van der Waals surface area contributed by atoms with Gasteiger partial charge < -0.3 is 4.57 Å². The molecule has 2 aromatic rings. The predicted octanol–water partition coefficient (Wildman–Crippen LogP) is 3.01. The minimum atomic E-state index is -4.55. The van der Waals surface area contributed by atoms with Gasteiger partial charge in [0.05, 0.1) is 5.56 Å². The van der Waals surface area contributed by atoms with E-state index >= 15 is 0 Å². The van der Waals surface area contributed by atoms with Crippen LogP contribution in [-0.4, -0.2) is 15.8 Å². The summed E-state index contributed by atoms with van der Waals surface area (Å²) < 4.78 is 39.8. The molecule has 0 bridgehead atoms. The smallest absolute Gasteiger partial charge is 0.304 e. The standard InChI is InChI=1S/C12H9F3N2O/c1-8-16-4-5-17(8)10-3-2-9(7-18)11(6-10)12(13,14)15/h2-7H,1H3. The monoisotopic (exact) mass is 254 g/mol. The molecule has 0 unspecified atom stereocenters. The van der Waals surface area contributed by atoms with Crippen molar-refractivity contribution in [3.05, 3.63) is 47.5 Å². The molecule has 0 aliphatic carbocycles. The Labute approximate surface area is 101 Å². The summed E-state index contributed by atoms with van der Waals surface area (Å²) in [7, 11) is 0. The van der Waals surface area contributed by atoms with Crippen LogP contribution in [0, 0.1) is 6.92 Å². The molecule has 0 amide bonds. The second-order valence-electron chi connectivity index (χ2n) is 3.73. The van der Waals surface area contributed by atoms with Crippen molar-refractivity contribution in [1.82, 2.24) is 9.55 Å². The van der Waals surface area contributed by atoms with Gasteiger partial charge in [-0.15, -0.1) is 0 Å². The van der Waals surface area contributed by atoms with Gasteiger partial charge in [0.15, 0.2) is 6.29 Å². The Morgan fingerprint density at radius 1 is 1.33 bits per heavy atom. The highest BCUT2D eigenvalue weighted by Crippen LogP contribution is 2.32. The summed E-state index contributed by atoms with van der Waals surface area (Å²) in [5.74, 6) is 0.571. The van der Waals surface area contributed by atoms with Gasteiger partial charge in [-0.25, -0.2) is 4.98 Å². The van der Waals surface area contributed by atoms with Crippen molar-refractivity contribution >= 4 is 6.29 Å². The molecule has 0 fully saturated rings. The predicted molar refractivity (Wildman–Crippen MR) is 58.7 cm³/mol. The molecule has 18 heavy (non-hydrogen) atoms. The Bertz CT molecular complexity index is 587. The first-order valence-corrected chi connectivity index (χ1v) is 5.10. The molecule has 0 aliphatic heterocycles. The number of alkyl halides is 3. The Morgan fingerprint density at radius 2 is 2.06 bits per heavy atom. The van der Waals surface area contributed by atoms with E-state index in [1.165, 1.54) is 16.8 Å². The first-order valence-electron chi connectivity index (χ1n) is 5.10. The third kappa shape index (κ3) is 2.13. The molecule has 0 saturated carbocycles. The van der Waals surface area contributed by atoms with Gasteiger partial charge in [-0.05, 0) is 25.1 Å². The topological polar surface area (TPSA) is 34.9 Å². The average Bonchev–Trinajstić information content (AvgIpc) is 2.73. The van der Waals surface area contributed by atoms with E-state index in [0.717, 1.165) is 12.1 Å². The van der Waals surface area contributed by atoms with Crippen molar-refractivity contribution in [2.24, 2.45) is 0 Å². The van der Waals surface area contributed by atoms with Crippen molar-refractivity contribution < 1.29 is 18.0 Å². The van der Waals surface area contributed by atoms with E-state index < -0.39 is 11.7 Å².